The lowest BCUT2D eigenvalue weighted by molar-refractivity contribution is -0.144. The summed E-state index contributed by atoms with van der Waals surface area (Å²) in [6.07, 6.45) is -1.21. The molecule has 1 aliphatic heterocycles. The van der Waals surface area contributed by atoms with Gasteiger partial charge in [-0.15, -0.1) is 0 Å². The molecule has 0 radical (unpaired) electrons. The minimum atomic E-state index is -1.33. The van der Waals surface area contributed by atoms with Crippen molar-refractivity contribution in [3.63, 3.8) is 0 Å². The van der Waals surface area contributed by atoms with Gasteiger partial charge in [0.1, 0.15) is 12.6 Å². The van der Waals surface area contributed by atoms with Gasteiger partial charge in [0.25, 0.3) is 0 Å². The van der Waals surface area contributed by atoms with Crippen LogP contribution in [0.3, 0.4) is 0 Å². The third kappa shape index (κ3) is 5.49. The number of ether oxygens (including phenoxy) is 1. The summed E-state index contributed by atoms with van der Waals surface area (Å²) in [6, 6.07) is 15.1. The number of carbonyl (C=O) groups is 3. The van der Waals surface area contributed by atoms with E-state index in [9.17, 15) is 24.6 Å². The molecule has 1 aliphatic rings. The van der Waals surface area contributed by atoms with Gasteiger partial charge in [0, 0.05) is 18.4 Å². The Morgan fingerprint density at radius 1 is 1.00 bits per heavy atom. The number of carboxylic acid groups (broad SMARTS) is 2. The molecule has 3 rings (SSSR count). The van der Waals surface area contributed by atoms with Gasteiger partial charge in [-0.3, -0.25) is 9.69 Å². The summed E-state index contributed by atoms with van der Waals surface area (Å²) in [5, 5.41) is 19.3. The summed E-state index contributed by atoms with van der Waals surface area (Å²) in [5.74, 6) is -3.81. The second kappa shape index (κ2) is 10.2. The van der Waals surface area contributed by atoms with Gasteiger partial charge in [-0.2, -0.15) is 0 Å². The van der Waals surface area contributed by atoms with Gasteiger partial charge in [-0.05, 0) is 29.2 Å². The third-order valence-electron chi connectivity index (χ3n) is 5.95. The number of benzene rings is 2. The Bertz CT molecular complexity index is 1060. The molecule has 3 atom stereocenters. The van der Waals surface area contributed by atoms with Crippen LogP contribution in [0.25, 0.3) is 11.1 Å². The fourth-order valence-electron chi connectivity index (χ4n) is 4.23. The van der Waals surface area contributed by atoms with Crippen molar-refractivity contribution in [2.75, 3.05) is 6.54 Å². The molecule has 0 bridgehead atoms. The van der Waals surface area contributed by atoms with Crippen LogP contribution in [0.15, 0.2) is 67.8 Å². The highest BCUT2D eigenvalue weighted by atomic mass is 16.6. The molecule has 172 valence electrons. The van der Waals surface area contributed by atoms with E-state index in [0.717, 1.165) is 27.2 Å². The molecular formula is C26H27NO6. The van der Waals surface area contributed by atoms with Crippen molar-refractivity contribution in [3.05, 3.63) is 84.4 Å². The van der Waals surface area contributed by atoms with Crippen LogP contribution in [0.2, 0.25) is 0 Å². The Balaban J connectivity index is 1.86. The van der Waals surface area contributed by atoms with Crippen LogP contribution in [-0.2, 0) is 20.9 Å². The summed E-state index contributed by atoms with van der Waals surface area (Å²) >= 11 is 0. The number of carboxylic acids is 2. The smallest absolute Gasteiger partial charge is 0.410 e. The largest absolute Gasteiger partial charge is 0.481 e. The Morgan fingerprint density at radius 3 is 2.15 bits per heavy atom. The zero-order valence-electron chi connectivity index (χ0n) is 18.4. The first kappa shape index (κ1) is 23.8. The van der Waals surface area contributed by atoms with Crippen LogP contribution in [0, 0.1) is 11.8 Å². The van der Waals surface area contributed by atoms with Crippen molar-refractivity contribution in [1.29, 1.82) is 0 Å². The van der Waals surface area contributed by atoms with E-state index in [1.807, 2.05) is 37.3 Å². The van der Waals surface area contributed by atoms with Gasteiger partial charge in [-0.1, -0.05) is 73.3 Å². The van der Waals surface area contributed by atoms with Crippen molar-refractivity contribution in [2.45, 2.75) is 26.0 Å². The summed E-state index contributed by atoms with van der Waals surface area (Å²) in [4.78, 5) is 37.6. The number of allylic oxidation sites excluding steroid dienone is 1. The minimum Gasteiger partial charge on any atom is -0.481 e. The van der Waals surface area contributed by atoms with Gasteiger partial charge < -0.3 is 14.9 Å². The lowest BCUT2D eigenvalue weighted by atomic mass is 9.80. The van der Waals surface area contributed by atoms with Gasteiger partial charge in [0.2, 0.25) is 0 Å². The highest BCUT2D eigenvalue weighted by Gasteiger charge is 2.50. The number of hydrogen-bond acceptors (Lipinski definition) is 4. The molecule has 0 unspecified atom stereocenters. The van der Waals surface area contributed by atoms with Crippen LogP contribution in [0.1, 0.15) is 30.0 Å². The van der Waals surface area contributed by atoms with Gasteiger partial charge in [0.05, 0.1) is 6.42 Å². The highest BCUT2D eigenvalue weighted by Crippen LogP contribution is 2.41. The van der Waals surface area contributed by atoms with E-state index in [-0.39, 0.29) is 13.2 Å². The van der Waals surface area contributed by atoms with E-state index in [1.165, 1.54) is 0 Å². The summed E-state index contributed by atoms with van der Waals surface area (Å²) in [6.45, 7) is 9.92. The number of amides is 1. The van der Waals surface area contributed by atoms with Crippen molar-refractivity contribution in [2.24, 2.45) is 11.8 Å². The quantitative estimate of drug-likeness (QED) is 0.613. The van der Waals surface area contributed by atoms with E-state index in [0.29, 0.717) is 5.57 Å². The summed E-state index contributed by atoms with van der Waals surface area (Å²) < 4.78 is 5.36. The third-order valence-corrected chi connectivity index (χ3v) is 5.95. The van der Waals surface area contributed by atoms with Gasteiger partial charge in [0.15, 0.2) is 0 Å². The lowest BCUT2D eigenvalue weighted by Crippen LogP contribution is -2.44. The molecule has 7 nitrogen and oxygen atoms in total. The van der Waals surface area contributed by atoms with E-state index >= 15 is 0 Å². The maximum Gasteiger partial charge on any atom is 0.410 e. The number of hydrogen-bond donors (Lipinski definition) is 2. The molecule has 2 aromatic carbocycles. The normalized spacial score (nSPS) is 19.7. The topological polar surface area (TPSA) is 104 Å². The van der Waals surface area contributed by atoms with E-state index in [4.69, 9.17) is 4.74 Å². The van der Waals surface area contributed by atoms with E-state index in [1.54, 1.807) is 24.3 Å². The molecule has 0 aromatic heterocycles. The number of likely N-dealkylation sites (tertiary alicyclic amines) is 1. The minimum absolute atomic E-state index is 0.00358. The van der Waals surface area contributed by atoms with Crippen molar-refractivity contribution >= 4 is 29.2 Å². The van der Waals surface area contributed by atoms with Crippen LogP contribution in [-0.4, -0.2) is 45.7 Å². The fourth-order valence-corrected chi connectivity index (χ4v) is 4.23. The fraction of sp³-hybridized carbons (Fsp3) is 0.269. The average Bonchev–Trinajstić information content (AvgIpc) is 3.16. The Morgan fingerprint density at radius 2 is 1.61 bits per heavy atom. The first-order valence-electron chi connectivity index (χ1n) is 10.6. The molecule has 0 saturated carbocycles. The molecule has 1 fully saturated rings. The Kier molecular flexibility index (Phi) is 7.33. The van der Waals surface area contributed by atoms with Crippen LogP contribution in [0.5, 0.6) is 0 Å². The Hall–Kier alpha value is -3.87. The highest BCUT2D eigenvalue weighted by molar-refractivity contribution is 5.84. The number of rotatable bonds is 8. The molecule has 0 spiro atoms. The molecular weight excluding hydrogens is 422 g/mol. The molecule has 33 heavy (non-hydrogen) atoms. The zero-order valence-corrected chi connectivity index (χ0v) is 18.4. The number of carbonyl (C=O) groups excluding carboxylic acids is 1. The second-order valence-electron chi connectivity index (χ2n) is 8.23. The predicted molar refractivity (Wildman–Crippen MR) is 124 cm³/mol. The monoisotopic (exact) mass is 449 g/mol. The van der Waals surface area contributed by atoms with Crippen LogP contribution < -0.4 is 0 Å². The van der Waals surface area contributed by atoms with Crippen LogP contribution >= 0.6 is 0 Å². The maximum absolute atomic E-state index is 12.8. The standard InChI is InChI=1S/C26H27NO6/c1-16(2)19-9-11-20(12-10-19)17(3)22-14-27(24(25(30)31)21(22)13-23(28)29)26(32)33-15-18-7-5-4-6-8-18/h4-12,21-22,24H,1,3,13-15H2,2H3,(H,28,29)(H,30,31)/t21-,22-,24-/m0/s1. The molecule has 2 aromatic rings. The molecule has 1 saturated heterocycles. The number of aliphatic carboxylic acids is 2. The first-order valence-corrected chi connectivity index (χ1v) is 10.6. The summed E-state index contributed by atoms with van der Waals surface area (Å²) in [5.41, 5.74) is 3.95. The number of nitrogens with zero attached hydrogens (tertiary/aromatic N) is 1. The van der Waals surface area contributed by atoms with Crippen molar-refractivity contribution in [3.8, 4) is 0 Å². The van der Waals surface area contributed by atoms with Gasteiger partial charge >= 0.3 is 18.0 Å². The summed E-state index contributed by atoms with van der Waals surface area (Å²) in [7, 11) is 0. The average molecular weight is 450 g/mol. The molecule has 1 heterocycles. The maximum atomic E-state index is 12.8. The molecule has 0 aliphatic carbocycles. The zero-order chi connectivity index (χ0) is 24.1. The second-order valence-corrected chi connectivity index (χ2v) is 8.23. The molecule has 7 heteroatoms. The SMILES string of the molecule is C=C(C)c1ccc(C(=C)[C@@H]2CN(C(=O)OCc3ccccc3)[C@H](C(=O)O)[C@H]2CC(=O)O)cc1. The van der Waals surface area contributed by atoms with Crippen LogP contribution in [0.4, 0.5) is 4.79 Å². The molecule has 1 amide bonds. The van der Waals surface area contributed by atoms with Crippen molar-refractivity contribution in [1.82, 2.24) is 4.90 Å². The molecule has 2 N–H and O–H groups in total. The van der Waals surface area contributed by atoms with E-state index in [2.05, 4.69) is 13.2 Å². The van der Waals surface area contributed by atoms with Crippen molar-refractivity contribution < 1.29 is 29.3 Å². The predicted octanol–water partition coefficient (Wildman–Crippen LogP) is 4.55. The Labute approximate surface area is 192 Å². The van der Waals surface area contributed by atoms with E-state index < -0.39 is 42.3 Å². The first-order chi connectivity index (χ1) is 15.7. The van der Waals surface area contributed by atoms with Gasteiger partial charge in [-0.25, -0.2) is 9.59 Å². The lowest BCUT2D eigenvalue weighted by Gasteiger charge is -2.24.